The van der Waals surface area contributed by atoms with Crippen LogP contribution >= 0.6 is 22.6 Å². The van der Waals surface area contributed by atoms with Crippen molar-refractivity contribution in [3.63, 3.8) is 0 Å². The van der Waals surface area contributed by atoms with Crippen LogP contribution in [0.1, 0.15) is 21.5 Å². The van der Waals surface area contributed by atoms with Gasteiger partial charge in [0.1, 0.15) is 0 Å². The Kier molecular flexibility index (Phi) is 3.27. The van der Waals surface area contributed by atoms with E-state index in [0.717, 1.165) is 9.13 Å². The molecule has 0 fully saturated rings. The normalized spacial score (nSPS) is 10.1. The van der Waals surface area contributed by atoms with Gasteiger partial charge in [0.05, 0.1) is 12.2 Å². The van der Waals surface area contributed by atoms with Crippen molar-refractivity contribution in [3.8, 4) is 0 Å². The van der Waals surface area contributed by atoms with E-state index in [-0.39, 0.29) is 12.2 Å². The van der Waals surface area contributed by atoms with Crippen LogP contribution in [0.5, 0.6) is 0 Å². The zero-order valence-corrected chi connectivity index (χ0v) is 9.20. The number of halogens is 1. The van der Waals surface area contributed by atoms with Gasteiger partial charge in [-0.15, -0.1) is 0 Å². The minimum absolute atomic E-state index is 0.128. The van der Waals surface area contributed by atoms with Crippen LogP contribution in [0.25, 0.3) is 0 Å². The molecule has 0 atom stereocenters. The van der Waals surface area contributed by atoms with Crippen molar-refractivity contribution in [2.45, 2.75) is 13.5 Å². The Hall–Kier alpha value is -0.620. The SMILES string of the molecule is Cc1c(I)cc(CO)cc1C(=O)O. The first kappa shape index (κ1) is 10.5. The first-order valence-electron chi connectivity index (χ1n) is 3.69. The van der Waals surface area contributed by atoms with Crippen molar-refractivity contribution < 1.29 is 15.0 Å². The number of hydrogen-bond acceptors (Lipinski definition) is 2. The lowest BCUT2D eigenvalue weighted by atomic mass is 10.1. The summed E-state index contributed by atoms with van der Waals surface area (Å²) in [6.45, 7) is 1.63. The van der Waals surface area contributed by atoms with E-state index in [2.05, 4.69) is 22.6 Å². The van der Waals surface area contributed by atoms with Crippen molar-refractivity contribution in [1.82, 2.24) is 0 Å². The van der Waals surface area contributed by atoms with Crippen LogP contribution in [0.3, 0.4) is 0 Å². The minimum Gasteiger partial charge on any atom is -0.478 e. The summed E-state index contributed by atoms with van der Waals surface area (Å²) in [6.07, 6.45) is 0. The molecule has 0 unspecified atom stereocenters. The van der Waals surface area contributed by atoms with Gasteiger partial charge in [0.2, 0.25) is 0 Å². The summed E-state index contributed by atoms with van der Waals surface area (Å²) < 4.78 is 0.863. The van der Waals surface area contributed by atoms with Crippen LogP contribution in [0.2, 0.25) is 0 Å². The molecule has 0 saturated heterocycles. The van der Waals surface area contributed by atoms with Gasteiger partial charge in [-0.25, -0.2) is 4.79 Å². The van der Waals surface area contributed by atoms with Gasteiger partial charge in [-0.1, -0.05) is 0 Å². The monoisotopic (exact) mass is 292 g/mol. The number of aliphatic hydroxyl groups is 1. The van der Waals surface area contributed by atoms with Gasteiger partial charge in [0, 0.05) is 3.57 Å². The summed E-state index contributed by atoms with van der Waals surface area (Å²) in [6, 6.07) is 3.28. The molecule has 1 rings (SSSR count). The smallest absolute Gasteiger partial charge is 0.336 e. The number of aliphatic hydroxyl groups excluding tert-OH is 1. The largest absolute Gasteiger partial charge is 0.478 e. The zero-order valence-electron chi connectivity index (χ0n) is 7.04. The molecule has 70 valence electrons. The van der Waals surface area contributed by atoms with Gasteiger partial charge >= 0.3 is 5.97 Å². The molecule has 0 bridgehead atoms. The molecule has 0 spiro atoms. The van der Waals surface area contributed by atoms with Crippen molar-refractivity contribution in [2.24, 2.45) is 0 Å². The van der Waals surface area contributed by atoms with E-state index in [4.69, 9.17) is 10.2 Å². The van der Waals surface area contributed by atoms with E-state index >= 15 is 0 Å². The topological polar surface area (TPSA) is 57.5 Å². The maximum absolute atomic E-state index is 10.8. The van der Waals surface area contributed by atoms with Crippen LogP contribution in [0, 0.1) is 10.5 Å². The van der Waals surface area contributed by atoms with E-state index in [9.17, 15) is 4.79 Å². The second-order valence-electron chi connectivity index (χ2n) is 2.71. The average molecular weight is 292 g/mol. The van der Waals surface area contributed by atoms with Gasteiger partial charge in [-0.3, -0.25) is 0 Å². The van der Waals surface area contributed by atoms with Crippen molar-refractivity contribution in [1.29, 1.82) is 0 Å². The van der Waals surface area contributed by atoms with E-state index < -0.39 is 5.97 Å². The number of rotatable bonds is 2. The molecule has 0 amide bonds. The zero-order chi connectivity index (χ0) is 10.0. The third-order valence-electron chi connectivity index (χ3n) is 1.82. The Morgan fingerprint density at radius 1 is 1.54 bits per heavy atom. The van der Waals surface area contributed by atoms with Crippen molar-refractivity contribution in [2.75, 3.05) is 0 Å². The number of carbonyl (C=O) groups is 1. The average Bonchev–Trinajstić information content (AvgIpc) is 2.09. The highest BCUT2D eigenvalue weighted by Crippen LogP contribution is 2.18. The predicted octanol–water partition coefficient (Wildman–Crippen LogP) is 1.79. The maximum atomic E-state index is 10.8. The highest BCUT2D eigenvalue weighted by molar-refractivity contribution is 14.1. The number of benzene rings is 1. The Bertz CT molecular complexity index is 347. The lowest BCUT2D eigenvalue weighted by molar-refractivity contribution is 0.0696. The van der Waals surface area contributed by atoms with Crippen LogP contribution in [0.4, 0.5) is 0 Å². The van der Waals surface area contributed by atoms with Gasteiger partial charge in [0.15, 0.2) is 0 Å². The van der Waals surface area contributed by atoms with Gasteiger partial charge in [-0.2, -0.15) is 0 Å². The van der Waals surface area contributed by atoms with Crippen molar-refractivity contribution >= 4 is 28.6 Å². The highest BCUT2D eigenvalue weighted by atomic mass is 127. The first-order chi connectivity index (χ1) is 6.06. The Morgan fingerprint density at radius 3 is 2.62 bits per heavy atom. The molecule has 0 aliphatic carbocycles. The van der Waals surface area contributed by atoms with Gasteiger partial charge < -0.3 is 10.2 Å². The lowest BCUT2D eigenvalue weighted by Crippen LogP contribution is -2.03. The molecule has 0 aliphatic rings. The Morgan fingerprint density at radius 2 is 2.15 bits per heavy atom. The van der Waals surface area contributed by atoms with Gasteiger partial charge in [0.25, 0.3) is 0 Å². The fourth-order valence-electron chi connectivity index (χ4n) is 1.05. The summed E-state index contributed by atoms with van der Waals surface area (Å²) in [4.78, 5) is 10.8. The summed E-state index contributed by atoms with van der Waals surface area (Å²) in [5, 5.41) is 17.7. The van der Waals surface area contributed by atoms with E-state index in [1.54, 1.807) is 13.0 Å². The molecule has 1 aromatic rings. The molecule has 0 aromatic heterocycles. The Labute approximate surface area is 89.5 Å². The van der Waals surface area contributed by atoms with Gasteiger partial charge in [-0.05, 0) is 52.8 Å². The second kappa shape index (κ2) is 4.06. The first-order valence-corrected chi connectivity index (χ1v) is 4.77. The van der Waals surface area contributed by atoms with Crippen LogP contribution < -0.4 is 0 Å². The van der Waals surface area contributed by atoms with Crippen LogP contribution in [0.15, 0.2) is 12.1 Å². The summed E-state index contributed by atoms with van der Waals surface area (Å²) >= 11 is 2.06. The summed E-state index contributed by atoms with van der Waals surface area (Å²) in [5.74, 6) is -0.953. The fourth-order valence-corrected chi connectivity index (χ4v) is 1.74. The number of aromatic carboxylic acids is 1. The lowest BCUT2D eigenvalue weighted by Gasteiger charge is -2.05. The quantitative estimate of drug-likeness (QED) is 0.817. The van der Waals surface area contributed by atoms with E-state index in [1.807, 2.05) is 0 Å². The van der Waals surface area contributed by atoms with E-state index in [1.165, 1.54) is 6.07 Å². The molecule has 0 radical (unpaired) electrons. The van der Waals surface area contributed by atoms with Crippen LogP contribution in [-0.2, 0) is 6.61 Å². The molecule has 4 heteroatoms. The molecular weight excluding hydrogens is 283 g/mol. The number of carboxylic acids is 1. The molecule has 0 saturated carbocycles. The number of carboxylic acid groups (broad SMARTS) is 1. The fraction of sp³-hybridized carbons (Fsp3) is 0.222. The Balaban J connectivity index is 3.33. The third-order valence-corrected chi connectivity index (χ3v) is 2.94. The van der Waals surface area contributed by atoms with Crippen molar-refractivity contribution in [3.05, 3.63) is 32.4 Å². The predicted molar refractivity (Wildman–Crippen MR) is 56.8 cm³/mol. The minimum atomic E-state index is -0.953. The summed E-state index contributed by atoms with van der Waals surface area (Å²) in [5.41, 5.74) is 1.63. The second-order valence-corrected chi connectivity index (χ2v) is 3.88. The molecule has 3 nitrogen and oxygen atoms in total. The standard InChI is InChI=1S/C9H9IO3/c1-5-7(9(12)13)2-6(4-11)3-8(5)10/h2-3,11H,4H2,1H3,(H,12,13). The van der Waals surface area contributed by atoms with E-state index in [0.29, 0.717) is 5.56 Å². The molecule has 2 N–H and O–H groups in total. The highest BCUT2D eigenvalue weighted by Gasteiger charge is 2.10. The molecule has 1 aromatic carbocycles. The molecule has 13 heavy (non-hydrogen) atoms. The van der Waals surface area contributed by atoms with Crippen LogP contribution in [-0.4, -0.2) is 16.2 Å². The molecular formula is C9H9IO3. The number of hydrogen-bond donors (Lipinski definition) is 2. The third kappa shape index (κ3) is 2.19. The molecule has 0 aliphatic heterocycles. The molecule has 0 heterocycles. The summed E-state index contributed by atoms with van der Waals surface area (Å²) in [7, 11) is 0. The maximum Gasteiger partial charge on any atom is 0.336 e.